The minimum Gasteiger partial charge on any atom is -0.360 e. The van der Waals surface area contributed by atoms with Crippen molar-refractivity contribution in [3.05, 3.63) is 16.1 Å². The molecule has 5 heteroatoms. The Hall–Kier alpha value is -0.550. The molecule has 0 aromatic carbocycles. The van der Waals surface area contributed by atoms with E-state index in [-0.39, 0.29) is 5.54 Å². The van der Waals surface area contributed by atoms with Crippen molar-refractivity contribution in [2.45, 2.75) is 45.7 Å². The summed E-state index contributed by atoms with van der Waals surface area (Å²) in [5, 5.41) is 7.82. The highest BCUT2D eigenvalue weighted by Crippen LogP contribution is 2.25. The number of thioether (sulfide) groups is 1. The largest absolute Gasteiger partial charge is 0.360 e. The van der Waals surface area contributed by atoms with Crippen LogP contribution >= 0.6 is 23.1 Å². The molecule has 1 aromatic heterocycles. The Morgan fingerprint density at radius 2 is 2.41 bits per heavy atom. The Morgan fingerprint density at radius 3 is 3.06 bits per heavy atom. The molecule has 2 heterocycles. The number of aromatic nitrogens is 1. The van der Waals surface area contributed by atoms with Crippen molar-refractivity contribution in [2.24, 2.45) is 4.99 Å². The molecule has 1 aliphatic heterocycles. The van der Waals surface area contributed by atoms with Gasteiger partial charge < -0.3 is 5.32 Å². The van der Waals surface area contributed by atoms with Gasteiger partial charge in [0.2, 0.25) is 0 Å². The van der Waals surface area contributed by atoms with E-state index >= 15 is 0 Å². The minimum atomic E-state index is 0.224. The summed E-state index contributed by atoms with van der Waals surface area (Å²) >= 11 is 3.51. The van der Waals surface area contributed by atoms with Crippen LogP contribution in [0.3, 0.4) is 0 Å². The highest BCUT2D eigenvalue weighted by atomic mass is 32.2. The number of thiazole rings is 1. The van der Waals surface area contributed by atoms with Crippen LogP contribution in [0, 0.1) is 6.92 Å². The number of nitrogens with one attached hydrogen (secondary N) is 1. The molecule has 17 heavy (non-hydrogen) atoms. The first-order chi connectivity index (χ1) is 8.11. The molecule has 1 aliphatic rings. The van der Waals surface area contributed by atoms with Crippen LogP contribution in [-0.2, 0) is 6.54 Å². The number of hydrogen-bond donors (Lipinski definition) is 1. The van der Waals surface area contributed by atoms with Crippen LogP contribution in [0.25, 0.3) is 0 Å². The molecule has 94 valence electrons. The number of rotatable bonds is 3. The minimum absolute atomic E-state index is 0.224. The van der Waals surface area contributed by atoms with Gasteiger partial charge in [-0.3, -0.25) is 4.99 Å². The van der Waals surface area contributed by atoms with Crippen LogP contribution in [0.15, 0.2) is 10.4 Å². The lowest BCUT2D eigenvalue weighted by Gasteiger charge is -2.35. The van der Waals surface area contributed by atoms with Gasteiger partial charge in [0.05, 0.1) is 17.2 Å². The Labute approximate surface area is 111 Å². The van der Waals surface area contributed by atoms with Crippen molar-refractivity contribution in [1.29, 1.82) is 0 Å². The van der Waals surface area contributed by atoms with Crippen molar-refractivity contribution in [1.82, 2.24) is 10.3 Å². The maximum Gasteiger partial charge on any atom is 0.157 e. The van der Waals surface area contributed by atoms with Gasteiger partial charge >= 0.3 is 0 Å². The zero-order valence-electron chi connectivity index (χ0n) is 10.6. The predicted molar refractivity (Wildman–Crippen MR) is 76.9 cm³/mol. The van der Waals surface area contributed by atoms with Gasteiger partial charge in [-0.1, -0.05) is 18.7 Å². The Bertz CT molecular complexity index is 414. The van der Waals surface area contributed by atoms with Gasteiger partial charge in [0, 0.05) is 16.7 Å². The van der Waals surface area contributed by atoms with E-state index in [1.807, 2.05) is 18.7 Å². The monoisotopic (exact) mass is 269 g/mol. The zero-order chi connectivity index (χ0) is 12.3. The van der Waals surface area contributed by atoms with Crippen LogP contribution < -0.4 is 5.32 Å². The third-order valence-corrected chi connectivity index (χ3v) is 4.87. The fraction of sp³-hybridized carbons (Fsp3) is 0.667. The maximum absolute atomic E-state index is 4.62. The maximum atomic E-state index is 4.62. The van der Waals surface area contributed by atoms with E-state index in [9.17, 15) is 0 Å². The molecule has 0 radical (unpaired) electrons. The molecule has 1 N–H and O–H groups in total. The van der Waals surface area contributed by atoms with Crippen molar-refractivity contribution in [2.75, 3.05) is 5.75 Å². The standard InChI is InChI=1S/C12H19N3S2/c1-4-12(3)5-6-16-11(15-12)13-7-10-8-17-9(2)14-10/h8H,4-7H2,1-3H3,(H,13,15). The lowest BCUT2D eigenvalue weighted by molar-refractivity contribution is 0.390. The van der Waals surface area contributed by atoms with E-state index in [1.54, 1.807) is 11.3 Å². The summed E-state index contributed by atoms with van der Waals surface area (Å²) in [6.07, 6.45) is 2.35. The number of aryl methyl sites for hydroxylation is 1. The first-order valence-corrected chi connectivity index (χ1v) is 7.84. The first kappa shape index (κ1) is 12.9. The van der Waals surface area contributed by atoms with E-state index < -0.39 is 0 Å². The highest BCUT2D eigenvalue weighted by molar-refractivity contribution is 8.13. The van der Waals surface area contributed by atoms with Gasteiger partial charge in [0.25, 0.3) is 0 Å². The summed E-state index contributed by atoms with van der Waals surface area (Å²) in [6, 6.07) is 0. The Morgan fingerprint density at radius 1 is 1.59 bits per heavy atom. The molecule has 3 nitrogen and oxygen atoms in total. The summed E-state index contributed by atoms with van der Waals surface area (Å²) < 4.78 is 0. The van der Waals surface area contributed by atoms with Gasteiger partial charge in [0.15, 0.2) is 5.17 Å². The SMILES string of the molecule is CCC1(C)CCSC(=NCc2csc(C)n2)N1. The van der Waals surface area contributed by atoms with E-state index in [4.69, 9.17) is 0 Å². The molecule has 1 fully saturated rings. The third kappa shape index (κ3) is 3.45. The topological polar surface area (TPSA) is 37.3 Å². The van der Waals surface area contributed by atoms with Crippen LogP contribution in [-0.4, -0.2) is 21.4 Å². The molecule has 0 aliphatic carbocycles. The van der Waals surface area contributed by atoms with Gasteiger partial charge in [-0.2, -0.15) is 0 Å². The summed E-state index contributed by atoms with van der Waals surface area (Å²) in [7, 11) is 0. The fourth-order valence-corrected chi connectivity index (χ4v) is 3.54. The molecular formula is C12H19N3S2. The second kappa shape index (κ2) is 5.40. The second-order valence-corrected chi connectivity index (χ2v) is 6.76. The Kier molecular flexibility index (Phi) is 4.09. The highest BCUT2D eigenvalue weighted by Gasteiger charge is 2.27. The average Bonchev–Trinajstić information content (AvgIpc) is 2.73. The molecule has 0 amide bonds. The van der Waals surface area contributed by atoms with Crippen molar-refractivity contribution < 1.29 is 0 Å². The smallest absolute Gasteiger partial charge is 0.157 e. The third-order valence-electron chi connectivity index (χ3n) is 3.13. The first-order valence-electron chi connectivity index (χ1n) is 5.98. The molecule has 1 atom stereocenters. The molecule has 0 spiro atoms. The molecule has 1 unspecified atom stereocenters. The number of hydrogen-bond acceptors (Lipinski definition) is 4. The summed E-state index contributed by atoms with van der Waals surface area (Å²) in [6.45, 7) is 7.22. The molecule has 0 bridgehead atoms. The normalized spacial score (nSPS) is 27.1. The molecule has 1 aromatic rings. The van der Waals surface area contributed by atoms with Crippen LogP contribution in [0.5, 0.6) is 0 Å². The van der Waals surface area contributed by atoms with E-state index in [0.717, 1.165) is 28.0 Å². The summed E-state index contributed by atoms with van der Waals surface area (Å²) in [5.41, 5.74) is 1.30. The quantitative estimate of drug-likeness (QED) is 0.915. The van der Waals surface area contributed by atoms with Crippen LogP contribution in [0.4, 0.5) is 0 Å². The molecule has 2 rings (SSSR count). The second-order valence-electron chi connectivity index (χ2n) is 4.62. The molecule has 0 saturated carbocycles. The van der Waals surface area contributed by atoms with E-state index in [2.05, 4.69) is 34.5 Å². The number of amidine groups is 1. The summed E-state index contributed by atoms with van der Waals surface area (Å²) in [5.74, 6) is 1.16. The predicted octanol–water partition coefficient (Wildman–Crippen LogP) is 3.20. The van der Waals surface area contributed by atoms with Crippen molar-refractivity contribution >= 4 is 28.3 Å². The Balaban J connectivity index is 1.97. The average molecular weight is 269 g/mol. The van der Waals surface area contributed by atoms with Gasteiger partial charge in [-0.25, -0.2) is 4.98 Å². The van der Waals surface area contributed by atoms with E-state index in [1.165, 1.54) is 6.42 Å². The lowest BCUT2D eigenvalue weighted by atomic mass is 9.96. The van der Waals surface area contributed by atoms with Gasteiger partial charge in [0.1, 0.15) is 0 Å². The van der Waals surface area contributed by atoms with Crippen molar-refractivity contribution in [3.63, 3.8) is 0 Å². The molecular weight excluding hydrogens is 250 g/mol. The van der Waals surface area contributed by atoms with E-state index in [0.29, 0.717) is 6.54 Å². The van der Waals surface area contributed by atoms with Crippen LogP contribution in [0.1, 0.15) is 37.4 Å². The molecule has 1 saturated heterocycles. The van der Waals surface area contributed by atoms with Crippen LogP contribution in [0.2, 0.25) is 0 Å². The number of aliphatic imine (C=N–C) groups is 1. The zero-order valence-corrected chi connectivity index (χ0v) is 12.2. The number of nitrogens with zero attached hydrogens (tertiary/aromatic N) is 2. The van der Waals surface area contributed by atoms with Gasteiger partial charge in [-0.05, 0) is 26.7 Å². The fourth-order valence-electron chi connectivity index (χ4n) is 1.71. The van der Waals surface area contributed by atoms with Gasteiger partial charge in [-0.15, -0.1) is 11.3 Å². The van der Waals surface area contributed by atoms with Crippen molar-refractivity contribution in [3.8, 4) is 0 Å². The lowest BCUT2D eigenvalue weighted by Crippen LogP contribution is -2.48. The summed E-state index contributed by atoms with van der Waals surface area (Å²) in [4.78, 5) is 9.05.